The Bertz CT molecular complexity index is 487. The van der Waals surface area contributed by atoms with Crippen molar-refractivity contribution in [3.63, 3.8) is 0 Å². The van der Waals surface area contributed by atoms with Gasteiger partial charge in [-0.05, 0) is 31.9 Å². The number of rotatable bonds is 4. The molecule has 0 aliphatic heterocycles. The molecule has 16 heavy (non-hydrogen) atoms. The third kappa shape index (κ3) is 1.93. The molecular formula is C12H18N4. The largest absolute Gasteiger partial charge is 0.346 e. The lowest BCUT2D eigenvalue weighted by atomic mass is 10.1. The Balaban J connectivity index is 2.50. The van der Waals surface area contributed by atoms with Crippen LogP contribution in [0.3, 0.4) is 0 Å². The van der Waals surface area contributed by atoms with Crippen LogP contribution in [0.25, 0.3) is 11.0 Å². The molecule has 2 heterocycles. The van der Waals surface area contributed by atoms with Gasteiger partial charge in [0, 0.05) is 18.0 Å². The number of hydrogen-bond acceptors (Lipinski definition) is 3. The van der Waals surface area contributed by atoms with Crippen molar-refractivity contribution in [2.24, 2.45) is 5.73 Å². The first-order valence-corrected chi connectivity index (χ1v) is 5.79. The second kappa shape index (κ2) is 4.61. The minimum absolute atomic E-state index is 0.656. The third-order valence-electron chi connectivity index (χ3n) is 2.73. The zero-order valence-electron chi connectivity index (χ0n) is 9.88. The van der Waals surface area contributed by atoms with Gasteiger partial charge in [0.15, 0.2) is 0 Å². The smallest absolute Gasteiger partial charge is 0.141 e. The topological polar surface area (TPSA) is 67.6 Å². The van der Waals surface area contributed by atoms with Crippen molar-refractivity contribution in [3.8, 4) is 0 Å². The molecule has 0 aliphatic rings. The Morgan fingerprint density at radius 1 is 1.31 bits per heavy atom. The minimum Gasteiger partial charge on any atom is -0.346 e. The summed E-state index contributed by atoms with van der Waals surface area (Å²) in [5.41, 5.74) is 8.80. The van der Waals surface area contributed by atoms with E-state index >= 15 is 0 Å². The Morgan fingerprint density at radius 2 is 2.12 bits per heavy atom. The molecule has 0 bridgehead atoms. The monoisotopic (exact) mass is 218 g/mol. The summed E-state index contributed by atoms with van der Waals surface area (Å²) in [6.07, 6.45) is 4.87. The van der Waals surface area contributed by atoms with Gasteiger partial charge in [-0.25, -0.2) is 9.97 Å². The second-order valence-corrected chi connectivity index (χ2v) is 4.05. The molecule has 0 radical (unpaired) electrons. The maximum Gasteiger partial charge on any atom is 0.141 e. The van der Waals surface area contributed by atoms with Crippen molar-refractivity contribution in [1.82, 2.24) is 15.0 Å². The van der Waals surface area contributed by atoms with Gasteiger partial charge in [0.1, 0.15) is 11.5 Å². The summed E-state index contributed by atoms with van der Waals surface area (Å²) in [7, 11) is 0. The number of nitrogens with zero attached hydrogens (tertiary/aromatic N) is 2. The van der Waals surface area contributed by atoms with Crippen LogP contribution in [0.5, 0.6) is 0 Å². The Morgan fingerprint density at radius 3 is 2.81 bits per heavy atom. The summed E-state index contributed by atoms with van der Waals surface area (Å²) in [6, 6.07) is 0. The normalized spacial score (nSPS) is 11.2. The van der Waals surface area contributed by atoms with Gasteiger partial charge in [-0.2, -0.15) is 0 Å². The van der Waals surface area contributed by atoms with Gasteiger partial charge in [-0.15, -0.1) is 0 Å². The van der Waals surface area contributed by atoms with Crippen LogP contribution in [0.2, 0.25) is 0 Å². The van der Waals surface area contributed by atoms with E-state index in [9.17, 15) is 0 Å². The maximum atomic E-state index is 5.58. The SMILES string of the molecule is CCCc1nc(C)c2c(CCN)c[nH]c2n1. The molecule has 2 aromatic rings. The number of aromatic nitrogens is 3. The molecule has 4 heteroatoms. The van der Waals surface area contributed by atoms with Gasteiger partial charge in [-0.1, -0.05) is 6.92 Å². The van der Waals surface area contributed by atoms with Crippen LogP contribution in [0.1, 0.15) is 30.4 Å². The zero-order chi connectivity index (χ0) is 11.5. The summed E-state index contributed by atoms with van der Waals surface area (Å²) >= 11 is 0. The number of fused-ring (bicyclic) bond motifs is 1. The number of nitrogens with one attached hydrogen (secondary N) is 1. The molecule has 0 saturated heterocycles. The Labute approximate surface area is 95.3 Å². The summed E-state index contributed by atoms with van der Waals surface area (Å²) < 4.78 is 0. The van der Waals surface area contributed by atoms with Gasteiger partial charge in [-0.3, -0.25) is 0 Å². The highest BCUT2D eigenvalue weighted by Crippen LogP contribution is 2.20. The van der Waals surface area contributed by atoms with Crippen molar-refractivity contribution >= 4 is 11.0 Å². The number of aromatic amines is 1. The van der Waals surface area contributed by atoms with E-state index in [4.69, 9.17) is 5.73 Å². The molecule has 0 aliphatic carbocycles. The predicted octanol–water partition coefficient (Wildman–Crippen LogP) is 1.72. The molecule has 0 unspecified atom stereocenters. The maximum absolute atomic E-state index is 5.58. The predicted molar refractivity (Wildman–Crippen MR) is 65.4 cm³/mol. The second-order valence-electron chi connectivity index (χ2n) is 4.05. The van der Waals surface area contributed by atoms with Crippen LogP contribution >= 0.6 is 0 Å². The van der Waals surface area contributed by atoms with Crippen molar-refractivity contribution in [2.75, 3.05) is 6.54 Å². The molecule has 2 rings (SSSR count). The van der Waals surface area contributed by atoms with Crippen LogP contribution in [0.15, 0.2) is 6.20 Å². The van der Waals surface area contributed by atoms with Crippen molar-refractivity contribution in [2.45, 2.75) is 33.1 Å². The molecular weight excluding hydrogens is 200 g/mol. The van der Waals surface area contributed by atoms with Crippen LogP contribution in [-0.4, -0.2) is 21.5 Å². The molecule has 0 saturated carbocycles. The quantitative estimate of drug-likeness (QED) is 0.821. The summed E-state index contributed by atoms with van der Waals surface area (Å²) in [5, 5.41) is 1.14. The van der Waals surface area contributed by atoms with Crippen LogP contribution in [-0.2, 0) is 12.8 Å². The van der Waals surface area contributed by atoms with E-state index in [0.29, 0.717) is 6.54 Å². The number of hydrogen-bond donors (Lipinski definition) is 2. The standard InChI is InChI=1S/C12H18N4/c1-3-4-10-15-8(2)11-9(5-6-13)7-14-12(11)16-10/h7H,3-6,13H2,1-2H3,(H,14,15,16). The van der Waals surface area contributed by atoms with E-state index in [-0.39, 0.29) is 0 Å². The molecule has 0 fully saturated rings. The Kier molecular flexibility index (Phi) is 3.19. The van der Waals surface area contributed by atoms with Crippen molar-refractivity contribution < 1.29 is 0 Å². The third-order valence-corrected chi connectivity index (χ3v) is 2.73. The highest BCUT2D eigenvalue weighted by atomic mass is 14.9. The van der Waals surface area contributed by atoms with Gasteiger partial charge < -0.3 is 10.7 Å². The number of H-pyrrole nitrogens is 1. The molecule has 0 atom stereocenters. The first kappa shape index (κ1) is 11.1. The molecule has 0 spiro atoms. The van der Waals surface area contributed by atoms with Gasteiger partial charge >= 0.3 is 0 Å². The summed E-state index contributed by atoms with van der Waals surface area (Å²) in [4.78, 5) is 12.3. The highest BCUT2D eigenvalue weighted by molar-refractivity contribution is 5.82. The Hall–Kier alpha value is -1.42. The average Bonchev–Trinajstić information content (AvgIpc) is 2.63. The van der Waals surface area contributed by atoms with Crippen LogP contribution in [0.4, 0.5) is 0 Å². The summed E-state index contributed by atoms with van der Waals surface area (Å²) in [6.45, 7) is 4.83. The van der Waals surface area contributed by atoms with Gasteiger partial charge in [0.05, 0.1) is 5.69 Å². The van der Waals surface area contributed by atoms with E-state index in [2.05, 4.69) is 21.9 Å². The van der Waals surface area contributed by atoms with E-state index in [0.717, 1.165) is 41.8 Å². The van der Waals surface area contributed by atoms with E-state index in [1.807, 2.05) is 13.1 Å². The number of aryl methyl sites for hydroxylation is 2. The fourth-order valence-electron chi connectivity index (χ4n) is 2.04. The van der Waals surface area contributed by atoms with Gasteiger partial charge in [0.2, 0.25) is 0 Å². The molecule has 4 nitrogen and oxygen atoms in total. The van der Waals surface area contributed by atoms with Crippen LogP contribution in [0, 0.1) is 6.92 Å². The minimum atomic E-state index is 0.656. The van der Waals surface area contributed by atoms with E-state index in [1.165, 1.54) is 5.56 Å². The van der Waals surface area contributed by atoms with Gasteiger partial charge in [0.25, 0.3) is 0 Å². The highest BCUT2D eigenvalue weighted by Gasteiger charge is 2.09. The lowest BCUT2D eigenvalue weighted by molar-refractivity contribution is 0.834. The molecule has 3 N–H and O–H groups in total. The molecule has 2 aromatic heterocycles. The van der Waals surface area contributed by atoms with E-state index in [1.54, 1.807) is 0 Å². The fraction of sp³-hybridized carbons (Fsp3) is 0.500. The fourth-order valence-corrected chi connectivity index (χ4v) is 2.04. The zero-order valence-corrected chi connectivity index (χ0v) is 9.88. The summed E-state index contributed by atoms with van der Waals surface area (Å²) in [5.74, 6) is 0.925. The molecule has 86 valence electrons. The number of nitrogens with two attached hydrogens (primary N) is 1. The first-order valence-electron chi connectivity index (χ1n) is 5.79. The van der Waals surface area contributed by atoms with Crippen molar-refractivity contribution in [3.05, 3.63) is 23.3 Å². The molecule has 0 amide bonds. The lowest BCUT2D eigenvalue weighted by Gasteiger charge is -2.03. The van der Waals surface area contributed by atoms with E-state index < -0.39 is 0 Å². The van der Waals surface area contributed by atoms with Crippen LogP contribution < -0.4 is 5.73 Å². The first-order chi connectivity index (χ1) is 7.76. The molecule has 0 aromatic carbocycles. The average molecular weight is 218 g/mol. The lowest BCUT2D eigenvalue weighted by Crippen LogP contribution is -2.03. The van der Waals surface area contributed by atoms with Crippen molar-refractivity contribution in [1.29, 1.82) is 0 Å².